The lowest BCUT2D eigenvalue weighted by Gasteiger charge is -2.26. The highest BCUT2D eigenvalue weighted by Gasteiger charge is 2.21. The molecule has 0 radical (unpaired) electrons. The predicted molar refractivity (Wildman–Crippen MR) is 258 cm³/mol. The number of aromatic nitrogens is 2. The van der Waals surface area contributed by atoms with Gasteiger partial charge in [0.05, 0.1) is 22.1 Å². The van der Waals surface area contributed by atoms with Gasteiger partial charge in [0.1, 0.15) is 0 Å². The average molecular weight is 778 g/mol. The van der Waals surface area contributed by atoms with Gasteiger partial charge in [0.25, 0.3) is 0 Å². The maximum Gasteiger partial charge on any atom is 0.0641 e. The van der Waals surface area contributed by atoms with E-state index in [1.165, 1.54) is 76.6 Å². The predicted octanol–water partition coefficient (Wildman–Crippen LogP) is 15.8. The van der Waals surface area contributed by atoms with Crippen molar-refractivity contribution in [3.8, 4) is 33.6 Å². The minimum absolute atomic E-state index is 1.11. The van der Waals surface area contributed by atoms with Crippen LogP contribution in [0, 0.1) is 0 Å². The number of hydrogen-bond donors (Lipinski definition) is 0. The molecule has 10 aromatic carbocycles. The van der Waals surface area contributed by atoms with Crippen molar-refractivity contribution in [1.82, 2.24) is 9.13 Å². The van der Waals surface area contributed by atoms with Crippen LogP contribution in [0.15, 0.2) is 237 Å². The van der Waals surface area contributed by atoms with E-state index in [9.17, 15) is 0 Å². The van der Waals surface area contributed by atoms with Crippen molar-refractivity contribution in [1.29, 1.82) is 0 Å². The Morgan fingerprint density at radius 2 is 0.787 bits per heavy atom. The molecule has 12 aromatic rings. The van der Waals surface area contributed by atoms with Crippen LogP contribution in [-0.2, 0) is 0 Å². The first-order valence-corrected chi connectivity index (χ1v) is 20.9. The number of nitrogens with zero attached hydrogens (tertiary/aromatic N) is 3. The molecule has 0 bridgehead atoms. The SMILES string of the molecule is c1ccc(-c2ccc(N(c3ccccc3)c3ccc4ccc(-n5c6ccccc6c6ccc7c(c8ccccc8n7-c7ccc(-c8ccccc8)cc7)c65)cc4c3)cc2)cc1. The van der Waals surface area contributed by atoms with Gasteiger partial charge in [-0.1, -0.05) is 158 Å². The summed E-state index contributed by atoms with van der Waals surface area (Å²) in [5, 5.41) is 7.34. The van der Waals surface area contributed by atoms with Crippen LogP contribution in [0.25, 0.3) is 88.0 Å². The van der Waals surface area contributed by atoms with Crippen molar-refractivity contribution >= 4 is 71.4 Å². The molecule has 0 unspecified atom stereocenters. The van der Waals surface area contributed by atoms with E-state index >= 15 is 0 Å². The second-order valence-corrected chi connectivity index (χ2v) is 15.8. The van der Waals surface area contributed by atoms with Crippen molar-refractivity contribution in [3.05, 3.63) is 237 Å². The van der Waals surface area contributed by atoms with Crippen molar-refractivity contribution in [2.45, 2.75) is 0 Å². The number of rotatable bonds is 7. The molecule has 0 saturated heterocycles. The fourth-order valence-corrected chi connectivity index (χ4v) is 9.45. The molecule has 0 N–H and O–H groups in total. The van der Waals surface area contributed by atoms with Gasteiger partial charge in [-0.2, -0.15) is 0 Å². The van der Waals surface area contributed by atoms with Crippen LogP contribution in [0.1, 0.15) is 0 Å². The Kier molecular flexibility index (Phi) is 8.17. The lowest BCUT2D eigenvalue weighted by atomic mass is 10.0. The Hall–Kier alpha value is -8.14. The van der Waals surface area contributed by atoms with Gasteiger partial charge in [-0.3, -0.25) is 0 Å². The van der Waals surface area contributed by atoms with E-state index in [0.717, 1.165) is 28.4 Å². The number of fused-ring (bicyclic) bond motifs is 8. The first kappa shape index (κ1) is 34.9. The largest absolute Gasteiger partial charge is 0.310 e. The summed E-state index contributed by atoms with van der Waals surface area (Å²) in [5.41, 5.74) is 15.2. The monoisotopic (exact) mass is 777 g/mol. The summed E-state index contributed by atoms with van der Waals surface area (Å²) in [6.07, 6.45) is 0. The quantitative estimate of drug-likeness (QED) is 0.157. The molecule has 0 saturated carbocycles. The third kappa shape index (κ3) is 5.82. The van der Waals surface area contributed by atoms with Crippen molar-refractivity contribution < 1.29 is 0 Å². The molecule has 0 aliphatic rings. The molecule has 0 aliphatic heterocycles. The number of para-hydroxylation sites is 3. The number of hydrogen-bond acceptors (Lipinski definition) is 1. The molecule has 0 spiro atoms. The molecular formula is C58H39N3. The molecule has 2 heterocycles. The van der Waals surface area contributed by atoms with Crippen LogP contribution in [0.5, 0.6) is 0 Å². The Bertz CT molecular complexity index is 3550. The van der Waals surface area contributed by atoms with Crippen molar-refractivity contribution in [2.24, 2.45) is 0 Å². The zero-order valence-electron chi connectivity index (χ0n) is 33.4. The summed E-state index contributed by atoms with van der Waals surface area (Å²) in [7, 11) is 0. The maximum absolute atomic E-state index is 2.49. The van der Waals surface area contributed by atoms with Crippen LogP contribution in [0.4, 0.5) is 17.1 Å². The molecule has 61 heavy (non-hydrogen) atoms. The second kappa shape index (κ2) is 14.3. The molecule has 2 aromatic heterocycles. The lowest BCUT2D eigenvalue weighted by Crippen LogP contribution is -2.09. The fourth-order valence-electron chi connectivity index (χ4n) is 9.45. The second-order valence-electron chi connectivity index (χ2n) is 15.8. The first-order valence-electron chi connectivity index (χ1n) is 20.9. The molecule has 0 atom stereocenters. The molecule has 0 aliphatic carbocycles. The van der Waals surface area contributed by atoms with Gasteiger partial charge in [-0.15, -0.1) is 0 Å². The van der Waals surface area contributed by atoms with Gasteiger partial charge in [0.2, 0.25) is 0 Å². The van der Waals surface area contributed by atoms with E-state index < -0.39 is 0 Å². The summed E-state index contributed by atoms with van der Waals surface area (Å²) < 4.78 is 4.92. The van der Waals surface area contributed by atoms with E-state index in [1.54, 1.807) is 0 Å². The zero-order chi connectivity index (χ0) is 40.3. The first-order chi connectivity index (χ1) is 30.3. The molecule has 0 amide bonds. The Morgan fingerprint density at radius 3 is 1.48 bits per heavy atom. The molecule has 3 heteroatoms. The van der Waals surface area contributed by atoms with E-state index in [4.69, 9.17) is 0 Å². The van der Waals surface area contributed by atoms with Gasteiger partial charge in [0.15, 0.2) is 0 Å². The smallest absolute Gasteiger partial charge is 0.0641 e. The highest BCUT2D eigenvalue weighted by molar-refractivity contribution is 6.26. The molecular weight excluding hydrogens is 739 g/mol. The van der Waals surface area contributed by atoms with Crippen LogP contribution < -0.4 is 4.90 Å². The van der Waals surface area contributed by atoms with Crippen molar-refractivity contribution in [3.63, 3.8) is 0 Å². The normalized spacial score (nSPS) is 11.6. The van der Waals surface area contributed by atoms with Crippen LogP contribution >= 0.6 is 0 Å². The van der Waals surface area contributed by atoms with E-state index in [1.807, 2.05) is 0 Å². The topological polar surface area (TPSA) is 13.1 Å². The standard InChI is InChI=1S/C58H39N3/c1-4-14-40(15-5-1)42-24-30-47(31-25-42)59(46-18-8-3-9-19-46)49-34-28-44-29-35-50(39-45(44)38-49)61-54-22-12-10-20-51(54)52-36-37-56-57(58(52)61)53-21-11-13-23-55(53)60(56)48-32-26-43(27-33-48)41-16-6-2-7-17-41/h1-39H. The summed E-state index contributed by atoms with van der Waals surface area (Å²) in [5.74, 6) is 0. The Morgan fingerprint density at radius 1 is 0.279 bits per heavy atom. The van der Waals surface area contributed by atoms with Gasteiger partial charge >= 0.3 is 0 Å². The van der Waals surface area contributed by atoms with Crippen molar-refractivity contribution in [2.75, 3.05) is 4.90 Å². The Balaban J connectivity index is 1.04. The van der Waals surface area contributed by atoms with Gasteiger partial charge < -0.3 is 14.0 Å². The van der Waals surface area contributed by atoms with Crippen LogP contribution in [-0.4, -0.2) is 9.13 Å². The highest BCUT2D eigenvalue weighted by atomic mass is 15.1. The summed E-state index contributed by atoms with van der Waals surface area (Å²) in [6.45, 7) is 0. The fraction of sp³-hybridized carbons (Fsp3) is 0. The number of benzene rings is 10. The lowest BCUT2D eigenvalue weighted by molar-refractivity contribution is 1.18. The third-order valence-corrected chi connectivity index (χ3v) is 12.3. The van der Waals surface area contributed by atoms with Gasteiger partial charge in [-0.05, 0) is 112 Å². The average Bonchev–Trinajstić information content (AvgIpc) is 3.86. The van der Waals surface area contributed by atoms with Gasteiger partial charge in [0, 0.05) is 50.0 Å². The molecule has 286 valence electrons. The molecule has 3 nitrogen and oxygen atoms in total. The van der Waals surface area contributed by atoms with Crippen LogP contribution in [0.3, 0.4) is 0 Å². The summed E-state index contributed by atoms with van der Waals surface area (Å²) in [6, 6.07) is 85.8. The van der Waals surface area contributed by atoms with Gasteiger partial charge in [-0.25, -0.2) is 0 Å². The minimum Gasteiger partial charge on any atom is -0.310 e. The minimum atomic E-state index is 1.11. The summed E-state index contributed by atoms with van der Waals surface area (Å²) >= 11 is 0. The maximum atomic E-state index is 2.49. The van der Waals surface area contributed by atoms with Crippen LogP contribution in [0.2, 0.25) is 0 Å². The molecule has 12 rings (SSSR count). The summed E-state index contributed by atoms with van der Waals surface area (Å²) in [4.78, 5) is 2.35. The number of anilines is 3. The zero-order valence-corrected chi connectivity index (χ0v) is 33.4. The van der Waals surface area contributed by atoms with E-state index in [2.05, 4.69) is 251 Å². The van der Waals surface area contributed by atoms with E-state index in [0.29, 0.717) is 0 Å². The molecule has 0 fully saturated rings. The Labute approximate surface area is 354 Å². The third-order valence-electron chi connectivity index (χ3n) is 12.3. The van der Waals surface area contributed by atoms with E-state index in [-0.39, 0.29) is 0 Å². The highest BCUT2D eigenvalue weighted by Crippen LogP contribution is 2.43.